The zero-order valence-electron chi connectivity index (χ0n) is 17.7. The lowest BCUT2D eigenvalue weighted by atomic mass is 10.1. The van der Waals surface area contributed by atoms with E-state index >= 15 is 0 Å². The number of hydrogen-bond donors (Lipinski definition) is 0. The minimum Gasteiger partial charge on any atom is -0.444 e. The van der Waals surface area contributed by atoms with Crippen molar-refractivity contribution in [1.82, 2.24) is 9.80 Å². The van der Waals surface area contributed by atoms with Gasteiger partial charge in [0, 0.05) is 24.4 Å². The minimum absolute atomic E-state index is 0.103. The Bertz CT molecular complexity index is 884. The van der Waals surface area contributed by atoms with Crippen molar-refractivity contribution in [1.29, 1.82) is 0 Å². The average molecular weight is 447 g/mol. The summed E-state index contributed by atoms with van der Waals surface area (Å²) in [6.07, 6.45) is -0.487. The van der Waals surface area contributed by atoms with E-state index in [0.717, 1.165) is 11.1 Å². The molecule has 2 amide bonds. The standard InChI is InChI=1S/C23H27ClN2O3S/c1-23(2,3)29-22(28)26-19(15-30-21(26)17-10-12-18(24)13-11-17)20(27)25(4)14-16-8-6-5-7-9-16/h5-13,19,21H,14-15H2,1-4H3/t19-,21-/m1/s1. The van der Waals surface area contributed by atoms with Crippen molar-refractivity contribution in [2.75, 3.05) is 12.8 Å². The number of benzene rings is 2. The number of thioether (sulfide) groups is 1. The lowest BCUT2D eigenvalue weighted by molar-refractivity contribution is -0.135. The van der Waals surface area contributed by atoms with Crippen LogP contribution < -0.4 is 0 Å². The van der Waals surface area contributed by atoms with Gasteiger partial charge in [-0.05, 0) is 44.0 Å². The normalized spacial score (nSPS) is 18.9. The molecule has 2 aromatic rings. The second kappa shape index (κ2) is 9.31. The predicted molar refractivity (Wildman–Crippen MR) is 121 cm³/mol. The number of carbonyl (C=O) groups is 2. The predicted octanol–water partition coefficient (Wildman–Crippen LogP) is 5.35. The van der Waals surface area contributed by atoms with Crippen molar-refractivity contribution in [3.05, 3.63) is 70.7 Å². The zero-order valence-corrected chi connectivity index (χ0v) is 19.2. The van der Waals surface area contributed by atoms with Gasteiger partial charge in [0.15, 0.2) is 0 Å². The Morgan fingerprint density at radius 3 is 2.37 bits per heavy atom. The van der Waals surface area contributed by atoms with Crippen LogP contribution in [0.4, 0.5) is 4.79 Å². The summed E-state index contributed by atoms with van der Waals surface area (Å²) >= 11 is 7.59. The number of rotatable bonds is 4. The third kappa shape index (κ3) is 5.49. The number of nitrogens with zero attached hydrogens (tertiary/aromatic N) is 2. The van der Waals surface area contributed by atoms with Gasteiger partial charge in [0.1, 0.15) is 17.0 Å². The molecule has 7 heteroatoms. The molecule has 0 radical (unpaired) electrons. The van der Waals surface area contributed by atoms with Crippen LogP contribution in [0, 0.1) is 0 Å². The van der Waals surface area contributed by atoms with Gasteiger partial charge in [0.05, 0.1) is 0 Å². The maximum Gasteiger partial charge on any atom is 0.412 e. The van der Waals surface area contributed by atoms with Gasteiger partial charge in [-0.1, -0.05) is 54.1 Å². The fourth-order valence-corrected chi connectivity index (χ4v) is 4.84. The number of carbonyl (C=O) groups excluding carboxylic acids is 2. The van der Waals surface area contributed by atoms with Crippen molar-refractivity contribution in [2.24, 2.45) is 0 Å². The lowest BCUT2D eigenvalue weighted by Gasteiger charge is -2.33. The molecular formula is C23H27ClN2O3S. The molecule has 1 aliphatic heterocycles. The summed E-state index contributed by atoms with van der Waals surface area (Å²) in [5.41, 5.74) is 1.30. The van der Waals surface area contributed by atoms with E-state index in [1.807, 2.05) is 63.2 Å². The zero-order chi connectivity index (χ0) is 21.9. The molecule has 0 bridgehead atoms. The molecule has 0 unspecified atom stereocenters. The lowest BCUT2D eigenvalue weighted by Crippen LogP contribution is -2.49. The van der Waals surface area contributed by atoms with Crippen molar-refractivity contribution in [3.63, 3.8) is 0 Å². The molecule has 1 fully saturated rings. The Hall–Kier alpha value is -2.18. The number of ether oxygens (including phenoxy) is 1. The number of likely N-dealkylation sites (N-methyl/N-ethyl adjacent to an activating group) is 1. The molecular weight excluding hydrogens is 420 g/mol. The second-order valence-electron chi connectivity index (χ2n) is 8.32. The molecule has 0 saturated carbocycles. The molecule has 1 saturated heterocycles. The highest BCUT2D eigenvalue weighted by Crippen LogP contribution is 2.43. The first kappa shape index (κ1) is 22.5. The monoisotopic (exact) mass is 446 g/mol. The first-order valence-corrected chi connectivity index (χ1v) is 11.3. The Kier molecular flexibility index (Phi) is 6.98. The minimum atomic E-state index is -0.654. The van der Waals surface area contributed by atoms with Crippen LogP contribution in [0.1, 0.15) is 37.3 Å². The van der Waals surface area contributed by atoms with E-state index in [2.05, 4.69) is 0 Å². The summed E-state index contributed by atoms with van der Waals surface area (Å²) in [5, 5.41) is 0.317. The molecule has 2 atom stereocenters. The summed E-state index contributed by atoms with van der Waals surface area (Å²) in [6.45, 7) is 5.95. The van der Waals surface area contributed by atoms with E-state index in [0.29, 0.717) is 17.3 Å². The van der Waals surface area contributed by atoms with Gasteiger partial charge in [0.25, 0.3) is 0 Å². The van der Waals surface area contributed by atoms with Crippen LogP contribution in [0.25, 0.3) is 0 Å². The molecule has 160 valence electrons. The van der Waals surface area contributed by atoms with E-state index in [9.17, 15) is 9.59 Å². The van der Waals surface area contributed by atoms with Crippen molar-refractivity contribution in [2.45, 2.75) is 44.3 Å². The van der Waals surface area contributed by atoms with Crippen LogP contribution in [0.3, 0.4) is 0 Å². The van der Waals surface area contributed by atoms with Gasteiger partial charge in [0.2, 0.25) is 5.91 Å². The van der Waals surface area contributed by atoms with Gasteiger partial charge in [-0.15, -0.1) is 11.8 Å². The Labute approximate surface area is 187 Å². The van der Waals surface area contributed by atoms with Gasteiger partial charge >= 0.3 is 6.09 Å². The molecule has 30 heavy (non-hydrogen) atoms. The van der Waals surface area contributed by atoms with E-state index in [1.54, 1.807) is 40.7 Å². The number of amides is 2. The van der Waals surface area contributed by atoms with Gasteiger partial charge in [-0.25, -0.2) is 4.79 Å². The summed E-state index contributed by atoms with van der Waals surface area (Å²) in [5.74, 6) is 0.401. The molecule has 0 N–H and O–H groups in total. The summed E-state index contributed by atoms with van der Waals surface area (Å²) in [6, 6.07) is 16.6. The second-order valence-corrected chi connectivity index (χ2v) is 9.87. The number of hydrogen-bond acceptors (Lipinski definition) is 4. The van der Waals surface area contributed by atoms with Gasteiger partial charge < -0.3 is 9.64 Å². The van der Waals surface area contributed by atoms with E-state index in [4.69, 9.17) is 16.3 Å². The summed E-state index contributed by atoms with van der Waals surface area (Å²) in [4.78, 5) is 29.6. The number of halogens is 1. The summed E-state index contributed by atoms with van der Waals surface area (Å²) < 4.78 is 5.65. The Morgan fingerprint density at radius 2 is 1.77 bits per heavy atom. The van der Waals surface area contributed by atoms with E-state index in [1.165, 1.54) is 0 Å². The molecule has 0 aliphatic carbocycles. The van der Waals surface area contributed by atoms with Gasteiger partial charge in [-0.2, -0.15) is 0 Å². The Balaban J connectivity index is 1.84. The van der Waals surface area contributed by atoms with Crippen molar-refractivity contribution < 1.29 is 14.3 Å². The first-order valence-electron chi connectivity index (χ1n) is 9.83. The maximum atomic E-state index is 13.3. The molecule has 1 heterocycles. The molecule has 1 aliphatic rings. The molecule has 5 nitrogen and oxygen atoms in total. The molecule has 2 aromatic carbocycles. The third-order valence-electron chi connectivity index (χ3n) is 4.68. The van der Waals surface area contributed by atoms with Crippen LogP contribution >= 0.6 is 23.4 Å². The highest BCUT2D eigenvalue weighted by molar-refractivity contribution is 7.99. The fraction of sp³-hybridized carbons (Fsp3) is 0.391. The topological polar surface area (TPSA) is 49.9 Å². The highest BCUT2D eigenvalue weighted by atomic mass is 35.5. The van der Waals surface area contributed by atoms with Crippen LogP contribution in [0.2, 0.25) is 5.02 Å². The highest BCUT2D eigenvalue weighted by Gasteiger charge is 2.45. The van der Waals surface area contributed by atoms with E-state index in [-0.39, 0.29) is 11.3 Å². The maximum absolute atomic E-state index is 13.3. The molecule has 0 aromatic heterocycles. The average Bonchev–Trinajstić information content (AvgIpc) is 3.12. The summed E-state index contributed by atoms with van der Waals surface area (Å²) in [7, 11) is 1.77. The molecule has 3 rings (SSSR count). The van der Waals surface area contributed by atoms with Crippen molar-refractivity contribution in [3.8, 4) is 0 Å². The quantitative estimate of drug-likeness (QED) is 0.635. The van der Waals surface area contributed by atoms with Gasteiger partial charge in [-0.3, -0.25) is 9.69 Å². The smallest absolute Gasteiger partial charge is 0.412 e. The van der Waals surface area contributed by atoms with Crippen LogP contribution in [-0.4, -0.2) is 46.2 Å². The molecule has 0 spiro atoms. The Morgan fingerprint density at radius 1 is 1.13 bits per heavy atom. The fourth-order valence-electron chi connectivity index (χ4n) is 3.31. The first-order chi connectivity index (χ1) is 14.2. The van der Waals surface area contributed by atoms with Crippen molar-refractivity contribution >= 4 is 35.4 Å². The van der Waals surface area contributed by atoms with Crippen LogP contribution in [-0.2, 0) is 16.1 Å². The third-order valence-corrected chi connectivity index (χ3v) is 6.26. The largest absolute Gasteiger partial charge is 0.444 e. The van der Waals surface area contributed by atoms with Crippen LogP contribution in [0.5, 0.6) is 0 Å². The van der Waals surface area contributed by atoms with Crippen LogP contribution in [0.15, 0.2) is 54.6 Å². The van der Waals surface area contributed by atoms with E-state index < -0.39 is 17.7 Å². The SMILES string of the molecule is CN(Cc1ccccc1)C(=O)[C@H]1CS[C@H](c2ccc(Cl)cc2)N1C(=O)OC(C)(C)C.